The lowest BCUT2D eigenvalue weighted by Gasteiger charge is -2.08. The first kappa shape index (κ1) is 22.3. The Balaban J connectivity index is 1.41. The third kappa shape index (κ3) is 3.20. The Kier molecular flexibility index (Phi) is 4.82. The molecule has 3 aromatic heterocycles. The maximum atomic E-state index is 9.12. The molecule has 3 heterocycles. The second-order valence-corrected chi connectivity index (χ2v) is 9.86. The number of aromatic nitrogens is 4. The molecule has 8 aromatic rings. The second kappa shape index (κ2) is 8.65. The van der Waals surface area contributed by atoms with Gasteiger partial charge in [-0.05, 0) is 54.1 Å². The molecule has 5 aromatic carbocycles. The van der Waals surface area contributed by atoms with Crippen molar-refractivity contribution in [2.45, 2.75) is 0 Å². The first-order chi connectivity index (χ1) is 19.8. The normalized spacial score (nSPS) is 11.5. The van der Waals surface area contributed by atoms with Crippen LogP contribution < -0.4 is 0 Å². The summed E-state index contributed by atoms with van der Waals surface area (Å²) in [6.07, 6.45) is 3.70. The summed E-state index contributed by atoms with van der Waals surface area (Å²) < 4.78 is 4.50. The molecule has 8 rings (SSSR count). The molecule has 5 nitrogen and oxygen atoms in total. The van der Waals surface area contributed by atoms with Gasteiger partial charge in [-0.2, -0.15) is 5.26 Å². The minimum absolute atomic E-state index is 0.620. The van der Waals surface area contributed by atoms with E-state index in [0.717, 1.165) is 27.8 Å². The third-order valence-corrected chi connectivity index (χ3v) is 7.67. The molecule has 0 bridgehead atoms. The Morgan fingerprint density at radius 1 is 0.500 bits per heavy atom. The molecule has 0 amide bonds. The number of rotatable bonds is 3. The van der Waals surface area contributed by atoms with Crippen molar-refractivity contribution in [1.29, 1.82) is 5.26 Å². The Labute approximate surface area is 229 Å². The zero-order valence-electron chi connectivity index (χ0n) is 21.4. The summed E-state index contributed by atoms with van der Waals surface area (Å²) in [7, 11) is 0. The van der Waals surface area contributed by atoms with Crippen LogP contribution in [0.2, 0.25) is 0 Å². The standard InChI is InChI=1S/C35H21N5/c36-20-23-14-16-24(17-15-23)25-21-37-35(38-22-25)40-30-13-7-5-11-28(30)34-32(40)19-18-31-33(34)27-10-4-6-12-29(27)39(31)26-8-2-1-3-9-26/h1-19,21-22H. The van der Waals surface area contributed by atoms with E-state index in [1.165, 1.54) is 32.6 Å². The lowest BCUT2D eigenvalue weighted by Crippen LogP contribution is -2.00. The van der Waals surface area contributed by atoms with E-state index in [1.54, 1.807) is 0 Å². The lowest BCUT2D eigenvalue weighted by molar-refractivity contribution is 0.990. The molecule has 0 saturated heterocycles. The molecule has 0 aliphatic carbocycles. The van der Waals surface area contributed by atoms with Gasteiger partial charge in [0.2, 0.25) is 5.95 Å². The number of hydrogen-bond acceptors (Lipinski definition) is 3. The highest BCUT2D eigenvalue weighted by molar-refractivity contribution is 6.28. The van der Waals surface area contributed by atoms with Gasteiger partial charge in [0.15, 0.2) is 0 Å². The molecule has 0 aliphatic rings. The van der Waals surface area contributed by atoms with Crippen LogP contribution in [-0.4, -0.2) is 19.1 Å². The number of fused-ring (bicyclic) bond motifs is 7. The van der Waals surface area contributed by atoms with E-state index >= 15 is 0 Å². The van der Waals surface area contributed by atoms with Gasteiger partial charge in [0.05, 0.1) is 33.7 Å². The van der Waals surface area contributed by atoms with E-state index in [4.69, 9.17) is 15.2 Å². The smallest absolute Gasteiger partial charge is 0.234 e. The van der Waals surface area contributed by atoms with Crippen molar-refractivity contribution in [3.05, 3.63) is 133 Å². The van der Waals surface area contributed by atoms with Crippen LogP contribution in [-0.2, 0) is 0 Å². The summed E-state index contributed by atoms with van der Waals surface area (Å²) in [4.78, 5) is 9.63. The highest BCUT2D eigenvalue weighted by atomic mass is 15.1. The van der Waals surface area contributed by atoms with Gasteiger partial charge in [0.1, 0.15) is 0 Å². The first-order valence-corrected chi connectivity index (χ1v) is 13.2. The predicted octanol–water partition coefficient (Wildman–Crippen LogP) is 8.21. The van der Waals surface area contributed by atoms with E-state index in [1.807, 2.05) is 36.7 Å². The van der Waals surface area contributed by atoms with Crippen molar-refractivity contribution in [1.82, 2.24) is 19.1 Å². The average Bonchev–Trinajstić information content (AvgIpc) is 3.54. The van der Waals surface area contributed by atoms with Crippen LogP contribution >= 0.6 is 0 Å². The van der Waals surface area contributed by atoms with Crippen LogP contribution in [0.5, 0.6) is 0 Å². The van der Waals surface area contributed by atoms with Gasteiger partial charge in [-0.25, -0.2) is 9.97 Å². The third-order valence-electron chi connectivity index (χ3n) is 7.67. The fourth-order valence-electron chi connectivity index (χ4n) is 5.91. The number of nitriles is 1. The zero-order chi connectivity index (χ0) is 26.6. The summed E-state index contributed by atoms with van der Waals surface area (Å²) in [6.45, 7) is 0. The van der Waals surface area contributed by atoms with E-state index in [0.29, 0.717) is 11.5 Å². The van der Waals surface area contributed by atoms with Gasteiger partial charge < -0.3 is 4.57 Å². The quantitative estimate of drug-likeness (QED) is 0.240. The number of benzene rings is 5. The van der Waals surface area contributed by atoms with Gasteiger partial charge in [-0.1, -0.05) is 66.7 Å². The maximum absolute atomic E-state index is 9.12. The van der Waals surface area contributed by atoms with Crippen molar-refractivity contribution >= 4 is 43.6 Å². The second-order valence-electron chi connectivity index (χ2n) is 9.86. The number of para-hydroxylation sites is 3. The number of nitrogens with zero attached hydrogens (tertiary/aromatic N) is 5. The first-order valence-electron chi connectivity index (χ1n) is 13.2. The van der Waals surface area contributed by atoms with E-state index in [-0.39, 0.29) is 0 Å². The van der Waals surface area contributed by atoms with Crippen molar-refractivity contribution < 1.29 is 0 Å². The topological polar surface area (TPSA) is 59.4 Å². The molecule has 40 heavy (non-hydrogen) atoms. The van der Waals surface area contributed by atoms with Crippen molar-refractivity contribution in [3.8, 4) is 28.8 Å². The highest BCUT2D eigenvalue weighted by Gasteiger charge is 2.20. The van der Waals surface area contributed by atoms with Crippen LogP contribution in [0, 0.1) is 11.3 Å². The molecular weight excluding hydrogens is 490 g/mol. The van der Waals surface area contributed by atoms with Crippen LogP contribution in [0.4, 0.5) is 0 Å². The van der Waals surface area contributed by atoms with Crippen molar-refractivity contribution in [2.24, 2.45) is 0 Å². The summed E-state index contributed by atoms with van der Waals surface area (Å²) in [5.41, 5.74) is 8.12. The summed E-state index contributed by atoms with van der Waals surface area (Å²) in [5, 5.41) is 13.9. The van der Waals surface area contributed by atoms with Crippen molar-refractivity contribution in [2.75, 3.05) is 0 Å². The molecule has 5 heteroatoms. The molecule has 0 spiro atoms. The van der Waals surface area contributed by atoms with Crippen LogP contribution in [0.3, 0.4) is 0 Å². The van der Waals surface area contributed by atoms with Crippen LogP contribution in [0.1, 0.15) is 5.56 Å². The van der Waals surface area contributed by atoms with Gasteiger partial charge in [-0.15, -0.1) is 0 Å². The molecule has 0 aliphatic heterocycles. The molecular formula is C35H21N5. The molecule has 0 unspecified atom stereocenters. The van der Waals surface area contributed by atoms with Crippen molar-refractivity contribution in [3.63, 3.8) is 0 Å². The summed E-state index contributed by atoms with van der Waals surface area (Å²) in [6, 6.07) is 41.7. The SMILES string of the molecule is N#Cc1ccc(-c2cnc(-n3c4ccccc4c4c5c6ccccc6n(-c6ccccc6)c5ccc43)nc2)cc1. The largest absolute Gasteiger partial charge is 0.309 e. The lowest BCUT2D eigenvalue weighted by atomic mass is 10.1. The zero-order valence-corrected chi connectivity index (χ0v) is 21.4. The molecule has 0 radical (unpaired) electrons. The summed E-state index contributed by atoms with van der Waals surface area (Å²) in [5.74, 6) is 0.620. The minimum Gasteiger partial charge on any atom is -0.309 e. The Hall–Kier alpha value is -5.73. The molecule has 0 saturated carbocycles. The van der Waals surface area contributed by atoms with Crippen LogP contribution in [0.25, 0.3) is 66.4 Å². The Morgan fingerprint density at radius 3 is 1.68 bits per heavy atom. The summed E-state index contributed by atoms with van der Waals surface area (Å²) >= 11 is 0. The fourth-order valence-corrected chi connectivity index (χ4v) is 5.91. The highest BCUT2D eigenvalue weighted by Crippen LogP contribution is 2.41. The predicted molar refractivity (Wildman–Crippen MR) is 161 cm³/mol. The van der Waals surface area contributed by atoms with Gasteiger partial charge in [0, 0.05) is 45.2 Å². The van der Waals surface area contributed by atoms with Gasteiger partial charge in [0.25, 0.3) is 0 Å². The minimum atomic E-state index is 0.620. The maximum Gasteiger partial charge on any atom is 0.234 e. The molecule has 0 fully saturated rings. The van der Waals surface area contributed by atoms with Gasteiger partial charge in [-0.3, -0.25) is 4.57 Å². The number of hydrogen-bond donors (Lipinski definition) is 0. The molecule has 186 valence electrons. The van der Waals surface area contributed by atoms with Crippen LogP contribution in [0.15, 0.2) is 128 Å². The van der Waals surface area contributed by atoms with E-state index in [2.05, 4.69) is 106 Å². The Bertz CT molecular complexity index is 2250. The monoisotopic (exact) mass is 511 g/mol. The van der Waals surface area contributed by atoms with Gasteiger partial charge >= 0.3 is 0 Å². The molecule has 0 N–H and O–H groups in total. The van der Waals surface area contributed by atoms with E-state index in [9.17, 15) is 0 Å². The molecule has 0 atom stereocenters. The fraction of sp³-hybridized carbons (Fsp3) is 0. The van der Waals surface area contributed by atoms with E-state index < -0.39 is 0 Å². The average molecular weight is 512 g/mol. The Morgan fingerprint density at radius 2 is 1.05 bits per heavy atom.